The van der Waals surface area contributed by atoms with Gasteiger partial charge >= 0.3 is 0 Å². The molecule has 0 amide bonds. The molecule has 0 N–H and O–H groups in total. The predicted molar refractivity (Wildman–Crippen MR) is 42.1 cm³/mol. The van der Waals surface area contributed by atoms with Gasteiger partial charge in [-0.25, -0.2) is 0 Å². The van der Waals surface area contributed by atoms with Gasteiger partial charge < -0.3 is 0 Å². The van der Waals surface area contributed by atoms with Crippen molar-refractivity contribution in [3.63, 3.8) is 0 Å². The van der Waals surface area contributed by atoms with Crippen LogP contribution in [0.15, 0.2) is 0 Å². The molecule has 0 aromatic heterocycles. The number of fused-ring (bicyclic) bond motifs is 1. The molecule has 0 radical (unpaired) electrons. The second-order valence-electron chi connectivity index (χ2n) is 4.62. The Labute approximate surface area is 67.2 Å². The van der Waals surface area contributed by atoms with Gasteiger partial charge in [-0.3, -0.25) is 4.79 Å². The van der Waals surface area contributed by atoms with E-state index in [1.54, 1.807) is 0 Å². The van der Waals surface area contributed by atoms with E-state index >= 15 is 0 Å². The molecule has 0 heterocycles. The zero-order valence-corrected chi connectivity index (χ0v) is 6.75. The number of carbonyl (C=O) groups excluding carboxylic acids is 1. The summed E-state index contributed by atoms with van der Waals surface area (Å²) < 4.78 is 0. The molecule has 5 saturated carbocycles. The van der Waals surface area contributed by atoms with Crippen molar-refractivity contribution in [3.8, 4) is 0 Å². The van der Waals surface area contributed by atoms with Crippen LogP contribution in [0.5, 0.6) is 0 Å². The standard InChI is InChI=1S/C10H14O/c11-10-4-6-1-2-8-7(3-6)5-9(8)10/h6-9H,1-5H2. The minimum atomic E-state index is 0.521. The van der Waals surface area contributed by atoms with E-state index in [2.05, 4.69) is 0 Å². The van der Waals surface area contributed by atoms with E-state index < -0.39 is 0 Å². The Morgan fingerprint density at radius 1 is 1.18 bits per heavy atom. The maximum atomic E-state index is 11.5. The van der Waals surface area contributed by atoms with Crippen LogP contribution in [0.4, 0.5) is 0 Å². The smallest absolute Gasteiger partial charge is 0.136 e. The second kappa shape index (κ2) is 1.88. The summed E-state index contributed by atoms with van der Waals surface area (Å²) in [6, 6.07) is 0. The number of rotatable bonds is 0. The number of ketones is 1. The van der Waals surface area contributed by atoms with Crippen molar-refractivity contribution in [1.82, 2.24) is 0 Å². The summed E-state index contributed by atoms with van der Waals surface area (Å²) in [5, 5.41) is 0. The molecule has 0 saturated heterocycles. The van der Waals surface area contributed by atoms with Crippen molar-refractivity contribution in [2.45, 2.75) is 32.1 Å². The molecule has 5 fully saturated rings. The molecular weight excluding hydrogens is 136 g/mol. The molecule has 11 heavy (non-hydrogen) atoms. The average molecular weight is 150 g/mol. The lowest BCUT2D eigenvalue weighted by Gasteiger charge is -2.45. The summed E-state index contributed by atoms with van der Waals surface area (Å²) in [6.45, 7) is 0. The van der Waals surface area contributed by atoms with Gasteiger partial charge in [0.05, 0.1) is 0 Å². The van der Waals surface area contributed by atoms with Crippen molar-refractivity contribution in [1.29, 1.82) is 0 Å². The van der Waals surface area contributed by atoms with Crippen LogP contribution in [0.3, 0.4) is 0 Å². The van der Waals surface area contributed by atoms with Gasteiger partial charge in [0, 0.05) is 12.3 Å². The van der Waals surface area contributed by atoms with Crippen LogP contribution in [-0.4, -0.2) is 5.78 Å². The van der Waals surface area contributed by atoms with Gasteiger partial charge in [0.15, 0.2) is 0 Å². The van der Waals surface area contributed by atoms with Crippen LogP contribution in [0.25, 0.3) is 0 Å². The fourth-order valence-corrected chi connectivity index (χ4v) is 3.48. The first-order valence-corrected chi connectivity index (χ1v) is 4.87. The van der Waals surface area contributed by atoms with E-state index in [1.165, 1.54) is 25.7 Å². The summed E-state index contributed by atoms with van der Waals surface area (Å²) in [6.07, 6.45) is 6.28. The highest BCUT2D eigenvalue weighted by atomic mass is 16.1. The Morgan fingerprint density at radius 3 is 2.91 bits per heavy atom. The Bertz CT molecular complexity index is 209. The van der Waals surface area contributed by atoms with Gasteiger partial charge in [-0.15, -0.1) is 0 Å². The van der Waals surface area contributed by atoms with Crippen LogP contribution in [0, 0.1) is 23.7 Å². The normalized spacial score (nSPS) is 53.6. The molecule has 4 unspecified atom stereocenters. The average Bonchev–Trinajstić information content (AvgIpc) is 2.18. The molecule has 1 heteroatoms. The van der Waals surface area contributed by atoms with E-state index in [4.69, 9.17) is 0 Å². The van der Waals surface area contributed by atoms with Crippen LogP contribution in [0.2, 0.25) is 0 Å². The van der Waals surface area contributed by atoms with Gasteiger partial charge in [0.2, 0.25) is 0 Å². The number of carbonyl (C=O) groups is 1. The van der Waals surface area contributed by atoms with E-state index in [-0.39, 0.29) is 0 Å². The summed E-state index contributed by atoms with van der Waals surface area (Å²) in [5.74, 6) is 3.71. The largest absolute Gasteiger partial charge is 0.299 e. The molecule has 1 nitrogen and oxygen atoms in total. The molecule has 0 aromatic rings. The van der Waals surface area contributed by atoms with Crippen molar-refractivity contribution >= 4 is 5.78 Å². The lowest BCUT2D eigenvalue weighted by molar-refractivity contribution is -0.128. The first-order chi connectivity index (χ1) is 5.34. The molecular formula is C10H14O. The maximum Gasteiger partial charge on any atom is 0.136 e. The molecule has 5 aliphatic carbocycles. The van der Waals surface area contributed by atoms with Crippen molar-refractivity contribution in [2.24, 2.45) is 23.7 Å². The van der Waals surface area contributed by atoms with Gasteiger partial charge in [-0.2, -0.15) is 0 Å². The molecule has 4 bridgehead atoms. The zero-order chi connectivity index (χ0) is 7.42. The first kappa shape index (κ1) is 6.22. The second-order valence-corrected chi connectivity index (χ2v) is 4.62. The monoisotopic (exact) mass is 150 g/mol. The lowest BCUT2D eigenvalue weighted by Crippen LogP contribution is -2.40. The van der Waals surface area contributed by atoms with Gasteiger partial charge in [-0.05, 0) is 43.4 Å². The lowest BCUT2D eigenvalue weighted by atomic mass is 9.59. The Balaban J connectivity index is 1.97. The fourth-order valence-electron chi connectivity index (χ4n) is 3.48. The summed E-state index contributed by atoms with van der Waals surface area (Å²) in [4.78, 5) is 11.5. The molecule has 60 valence electrons. The maximum absolute atomic E-state index is 11.5. The van der Waals surface area contributed by atoms with E-state index in [1.807, 2.05) is 0 Å². The third kappa shape index (κ3) is 0.692. The van der Waals surface area contributed by atoms with Crippen molar-refractivity contribution in [3.05, 3.63) is 0 Å². The molecule has 4 atom stereocenters. The number of hydrogen-bond donors (Lipinski definition) is 0. The van der Waals surface area contributed by atoms with Gasteiger partial charge in [0.25, 0.3) is 0 Å². The molecule has 0 aromatic carbocycles. The summed E-state index contributed by atoms with van der Waals surface area (Å²) in [5.41, 5.74) is 0. The third-order valence-electron chi connectivity index (χ3n) is 4.13. The van der Waals surface area contributed by atoms with E-state index in [9.17, 15) is 4.79 Å². The van der Waals surface area contributed by atoms with Crippen molar-refractivity contribution in [2.75, 3.05) is 0 Å². The SMILES string of the molecule is O=C1CC2CCC3C(C2)CC13. The summed E-state index contributed by atoms with van der Waals surface area (Å²) >= 11 is 0. The molecule has 0 spiro atoms. The highest BCUT2D eigenvalue weighted by Crippen LogP contribution is 2.55. The Morgan fingerprint density at radius 2 is 2.09 bits per heavy atom. The first-order valence-electron chi connectivity index (χ1n) is 4.87. The molecule has 5 aliphatic rings. The van der Waals surface area contributed by atoms with E-state index in [0.29, 0.717) is 11.7 Å². The fraction of sp³-hybridized carbons (Fsp3) is 0.900. The quantitative estimate of drug-likeness (QED) is 0.516. The highest BCUT2D eigenvalue weighted by molar-refractivity contribution is 5.83. The predicted octanol–water partition coefficient (Wildman–Crippen LogP) is 2.01. The number of Topliss-reactive ketones (excluding diaryl/α,β-unsaturated/α-hetero) is 1. The Kier molecular flexibility index (Phi) is 1.06. The van der Waals surface area contributed by atoms with Gasteiger partial charge in [-0.1, -0.05) is 0 Å². The van der Waals surface area contributed by atoms with Crippen molar-refractivity contribution < 1.29 is 4.79 Å². The minimum absolute atomic E-state index is 0.521. The van der Waals surface area contributed by atoms with Crippen LogP contribution in [0.1, 0.15) is 32.1 Å². The molecule has 0 aliphatic heterocycles. The van der Waals surface area contributed by atoms with Crippen LogP contribution >= 0.6 is 0 Å². The van der Waals surface area contributed by atoms with Gasteiger partial charge in [0.1, 0.15) is 5.78 Å². The van der Waals surface area contributed by atoms with E-state index in [0.717, 1.165) is 24.2 Å². The van der Waals surface area contributed by atoms with Crippen LogP contribution < -0.4 is 0 Å². The molecule has 5 rings (SSSR count). The minimum Gasteiger partial charge on any atom is -0.299 e. The topological polar surface area (TPSA) is 17.1 Å². The zero-order valence-electron chi connectivity index (χ0n) is 6.75. The van der Waals surface area contributed by atoms with Crippen LogP contribution in [-0.2, 0) is 4.79 Å². The summed E-state index contributed by atoms with van der Waals surface area (Å²) in [7, 11) is 0. The number of hydrogen-bond acceptors (Lipinski definition) is 1. The Hall–Kier alpha value is -0.330. The third-order valence-corrected chi connectivity index (χ3v) is 4.13. The highest BCUT2D eigenvalue weighted by Gasteiger charge is 2.50.